The van der Waals surface area contributed by atoms with Gasteiger partial charge in [0.2, 0.25) is 0 Å². The van der Waals surface area contributed by atoms with Gasteiger partial charge in [0.05, 0.1) is 0 Å². The van der Waals surface area contributed by atoms with Crippen molar-refractivity contribution in [3.8, 4) is 0 Å². The van der Waals surface area contributed by atoms with E-state index in [1.165, 1.54) is 27.8 Å². The number of hydrogen-bond donors (Lipinski definition) is 0. The predicted octanol–water partition coefficient (Wildman–Crippen LogP) is 6.02. The van der Waals surface area contributed by atoms with Gasteiger partial charge in [-0.25, -0.2) is 0 Å². The fraction of sp³-hybridized carbons (Fsp3) is 0.167. The van der Waals surface area contributed by atoms with Gasteiger partial charge in [0.1, 0.15) is 0 Å². The second kappa shape index (κ2) is 6.88. The minimum atomic E-state index is 0.456. The van der Waals surface area contributed by atoms with Crippen LogP contribution in [-0.2, 0) is 12.8 Å². The molecule has 0 heterocycles. The highest BCUT2D eigenvalue weighted by atomic mass is 14.2. The smallest absolute Gasteiger partial charge is 0.00925 e. The van der Waals surface area contributed by atoms with E-state index in [1.807, 2.05) is 0 Å². The van der Waals surface area contributed by atoms with Crippen molar-refractivity contribution in [3.63, 3.8) is 0 Å². The second-order valence-corrected chi connectivity index (χ2v) is 6.50. The van der Waals surface area contributed by atoms with Crippen molar-refractivity contribution in [2.75, 3.05) is 0 Å². The molecule has 0 bridgehead atoms. The average molecular weight is 310 g/mol. The first-order valence-electron chi connectivity index (χ1n) is 8.79. The Morgan fingerprint density at radius 2 is 1.38 bits per heavy atom. The van der Waals surface area contributed by atoms with Crippen molar-refractivity contribution in [2.24, 2.45) is 0 Å². The largest absolute Gasteiger partial charge is 0.0795 e. The third-order valence-corrected chi connectivity index (χ3v) is 5.03. The molecule has 0 unspecified atom stereocenters. The van der Waals surface area contributed by atoms with Gasteiger partial charge < -0.3 is 0 Å². The Morgan fingerprint density at radius 3 is 2.04 bits per heavy atom. The van der Waals surface area contributed by atoms with E-state index in [2.05, 4.69) is 91.0 Å². The maximum atomic E-state index is 2.30. The van der Waals surface area contributed by atoms with E-state index in [9.17, 15) is 0 Å². The lowest BCUT2D eigenvalue weighted by molar-refractivity contribution is 0.712. The lowest BCUT2D eigenvalue weighted by Crippen LogP contribution is -2.04. The second-order valence-electron chi connectivity index (χ2n) is 6.50. The number of aryl methyl sites for hydroxylation is 1. The predicted molar refractivity (Wildman–Crippen MR) is 102 cm³/mol. The summed E-state index contributed by atoms with van der Waals surface area (Å²) in [4.78, 5) is 0. The van der Waals surface area contributed by atoms with Gasteiger partial charge in [0.25, 0.3) is 0 Å². The summed E-state index contributed by atoms with van der Waals surface area (Å²) in [5.41, 5.74) is 7.26. The lowest BCUT2D eigenvalue weighted by atomic mass is 9.85. The molecule has 0 radical (unpaired) electrons. The highest BCUT2D eigenvalue weighted by Crippen LogP contribution is 2.31. The minimum Gasteiger partial charge on any atom is -0.0795 e. The summed E-state index contributed by atoms with van der Waals surface area (Å²) in [6.45, 7) is 0. The molecule has 0 aliphatic heterocycles. The SMILES string of the molecule is C1=Cc2cccc(CCC(c3ccccc3)c3ccccc3)c2C1. The maximum absolute atomic E-state index is 2.30. The lowest BCUT2D eigenvalue weighted by Gasteiger charge is -2.19. The van der Waals surface area contributed by atoms with Crippen LogP contribution in [0.4, 0.5) is 0 Å². The normalized spacial score (nSPS) is 12.5. The molecule has 0 spiro atoms. The van der Waals surface area contributed by atoms with E-state index in [0.717, 1.165) is 19.3 Å². The molecule has 3 aromatic rings. The van der Waals surface area contributed by atoms with Crippen molar-refractivity contribution < 1.29 is 0 Å². The molecule has 0 amide bonds. The standard InChI is InChI=1S/C24H22/c1-3-9-19(10-4-1)24(20-11-5-2-6-12-20)18-17-22-14-7-13-21-15-8-16-23(21)22/h1-15,24H,16-18H2. The van der Waals surface area contributed by atoms with Gasteiger partial charge in [-0.1, -0.05) is 91.0 Å². The number of hydrogen-bond acceptors (Lipinski definition) is 0. The Kier molecular flexibility index (Phi) is 4.29. The van der Waals surface area contributed by atoms with Crippen LogP contribution in [0.3, 0.4) is 0 Å². The first-order chi connectivity index (χ1) is 11.9. The summed E-state index contributed by atoms with van der Waals surface area (Å²) >= 11 is 0. The molecule has 0 fully saturated rings. The zero-order chi connectivity index (χ0) is 16.2. The zero-order valence-corrected chi connectivity index (χ0v) is 13.9. The van der Waals surface area contributed by atoms with Crippen molar-refractivity contribution >= 4 is 6.08 Å². The number of benzene rings is 3. The molecule has 0 atom stereocenters. The molecular formula is C24H22. The molecule has 0 saturated heterocycles. The maximum Gasteiger partial charge on any atom is 0.00925 e. The van der Waals surface area contributed by atoms with Crippen LogP contribution in [0.2, 0.25) is 0 Å². The van der Waals surface area contributed by atoms with Crippen LogP contribution in [0.15, 0.2) is 84.9 Å². The van der Waals surface area contributed by atoms with E-state index in [1.54, 1.807) is 0 Å². The van der Waals surface area contributed by atoms with Crippen molar-refractivity contribution in [1.82, 2.24) is 0 Å². The van der Waals surface area contributed by atoms with Gasteiger partial charge in [0.15, 0.2) is 0 Å². The highest BCUT2D eigenvalue weighted by molar-refractivity contribution is 5.61. The van der Waals surface area contributed by atoms with E-state index >= 15 is 0 Å². The molecule has 4 rings (SSSR count). The molecule has 0 N–H and O–H groups in total. The quantitative estimate of drug-likeness (QED) is 0.540. The third kappa shape index (κ3) is 3.05. The van der Waals surface area contributed by atoms with Crippen molar-refractivity contribution in [2.45, 2.75) is 25.2 Å². The first-order valence-corrected chi connectivity index (χ1v) is 8.79. The summed E-state index contributed by atoms with van der Waals surface area (Å²) in [6, 6.07) is 28.6. The van der Waals surface area contributed by atoms with Crippen LogP contribution in [0.1, 0.15) is 40.2 Å². The molecule has 118 valence electrons. The summed E-state index contributed by atoms with van der Waals surface area (Å²) in [5.74, 6) is 0.456. The molecule has 3 aromatic carbocycles. The van der Waals surface area contributed by atoms with Crippen molar-refractivity contribution in [1.29, 1.82) is 0 Å². The minimum absolute atomic E-state index is 0.456. The monoisotopic (exact) mass is 310 g/mol. The Balaban J connectivity index is 1.61. The van der Waals surface area contributed by atoms with Gasteiger partial charge in [0, 0.05) is 5.92 Å². The number of allylic oxidation sites excluding steroid dienone is 1. The molecule has 1 aliphatic rings. The molecule has 0 nitrogen and oxygen atoms in total. The van der Waals surface area contributed by atoms with E-state index in [4.69, 9.17) is 0 Å². The molecule has 24 heavy (non-hydrogen) atoms. The molecule has 0 saturated carbocycles. The van der Waals surface area contributed by atoms with Crippen LogP contribution in [0, 0.1) is 0 Å². The van der Waals surface area contributed by atoms with Crippen LogP contribution < -0.4 is 0 Å². The van der Waals surface area contributed by atoms with Gasteiger partial charge in [-0.3, -0.25) is 0 Å². The summed E-state index contributed by atoms with van der Waals surface area (Å²) < 4.78 is 0. The Hall–Kier alpha value is -2.60. The van der Waals surface area contributed by atoms with Gasteiger partial charge in [-0.2, -0.15) is 0 Å². The Morgan fingerprint density at radius 1 is 0.708 bits per heavy atom. The molecular weight excluding hydrogens is 288 g/mol. The number of fused-ring (bicyclic) bond motifs is 1. The fourth-order valence-electron chi connectivity index (χ4n) is 3.79. The van der Waals surface area contributed by atoms with E-state index in [0.29, 0.717) is 5.92 Å². The van der Waals surface area contributed by atoms with Gasteiger partial charge in [-0.05, 0) is 47.1 Å². The summed E-state index contributed by atoms with van der Waals surface area (Å²) in [7, 11) is 0. The van der Waals surface area contributed by atoms with Crippen LogP contribution >= 0.6 is 0 Å². The Labute approximate surface area is 144 Å². The van der Waals surface area contributed by atoms with Gasteiger partial charge in [-0.15, -0.1) is 0 Å². The summed E-state index contributed by atoms with van der Waals surface area (Å²) in [6.07, 6.45) is 7.89. The molecule has 0 heteroatoms. The third-order valence-electron chi connectivity index (χ3n) is 5.03. The average Bonchev–Trinajstić information content (AvgIpc) is 3.13. The van der Waals surface area contributed by atoms with Crippen molar-refractivity contribution in [3.05, 3.63) is 113 Å². The van der Waals surface area contributed by atoms with E-state index < -0.39 is 0 Å². The van der Waals surface area contributed by atoms with Crippen LogP contribution in [-0.4, -0.2) is 0 Å². The van der Waals surface area contributed by atoms with Gasteiger partial charge >= 0.3 is 0 Å². The highest BCUT2D eigenvalue weighted by Gasteiger charge is 2.16. The number of rotatable bonds is 5. The summed E-state index contributed by atoms with van der Waals surface area (Å²) in [5, 5.41) is 0. The topological polar surface area (TPSA) is 0 Å². The van der Waals surface area contributed by atoms with Crippen LogP contribution in [0.25, 0.3) is 6.08 Å². The zero-order valence-electron chi connectivity index (χ0n) is 13.9. The fourth-order valence-corrected chi connectivity index (χ4v) is 3.79. The van der Waals surface area contributed by atoms with E-state index in [-0.39, 0.29) is 0 Å². The molecule has 1 aliphatic carbocycles. The van der Waals surface area contributed by atoms with Crippen LogP contribution in [0.5, 0.6) is 0 Å². The first kappa shape index (κ1) is 15.0. The molecule has 0 aromatic heterocycles. The Bertz CT molecular complexity index is 789.